The van der Waals surface area contributed by atoms with Crippen LogP contribution in [-0.2, 0) is 19.1 Å². The van der Waals surface area contributed by atoms with Gasteiger partial charge in [0.2, 0.25) is 5.78 Å². The topological polar surface area (TPSA) is 78.6 Å². The first-order valence-electron chi connectivity index (χ1n) is 5.37. The van der Waals surface area contributed by atoms with Gasteiger partial charge in [-0.2, -0.15) is 0 Å². The minimum absolute atomic E-state index is 0.202. The van der Waals surface area contributed by atoms with Crippen molar-refractivity contribution in [1.82, 2.24) is 0 Å². The van der Waals surface area contributed by atoms with E-state index >= 15 is 0 Å². The Kier molecular flexibility index (Phi) is 4.06. The van der Waals surface area contributed by atoms with Crippen LogP contribution in [0, 0.1) is 0 Å². The van der Waals surface area contributed by atoms with Gasteiger partial charge in [0, 0.05) is 18.9 Å². The fourth-order valence-electron chi connectivity index (χ4n) is 1.51. The number of carbonyl (C=O) groups excluding carboxylic acids is 2. The van der Waals surface area contributed by atoms with Gasteiger partial charge in [-0.05, 0) is 19.9 Å². The van der Waals surface area contributed by atoms with Crippen molar-refractivity contribution in [3.63, 3.8) is 0 Å². The summed E-state index contributed by atoms with van der Waals surface area (Å²) in [7, 11) is 0. The Balaban J connectivity index is 2.62. The van der Waals surface area contributed by atoms with Crippen molar-refractivity contribution in [3.05, 3.63) is 11.8 Å². The zero-order chi connectivity index (χ0) is 12.2. The Labute approximate surface area is 94.6 Å². The summed E-state index contributed by atoms with van der Waals surface area (Å²) < 4.78 is 10.4. The summed E-state index contributed by atoms with van der Waals surface area (Å²) in [6.07, 6.45) is 2.39. The van der Waals surface area contributed by atoms with Crippen LogP contribution in [0.5, 0.6) is 0 Å². The number of allylic oxidation sites excluding steroid dienone is 1. The van der Waals surface area contributed by atoms with E-state index < -0.39 is 11.8 Å². The first-order chi connectivity index (χ1) is 7.54. The van der Waals surface area contributed by atoms with Crippen LogP contribution in [0.1, 0.15) is 33.1 Å². The van der Waals surface area contributed by atoms with Crippen molar-refractivity contribution in [2.24, 2.45) is 5.73 Å². The van der Waals surface area contributed by atoms with E-state index in [0.717, 1.165) is 0 Å². The number of ether oxygens (including phenoxy) is 2. The summed E-state index contributed by atoms with van der Waals surface area (Å²) in [5.74, 6) is -1.73. The minimum Gasteiger partial charge on any atom is -0.450 e. The number of carbonyl (C=O) groups is 2. The normalized spacial score (nSPS) is 23.9. The second-order valence-corrected chi connectivity index (χ2v) is 3.69. The molecule has 0 aromatic heterocycles. The largest absolute Gasteiger partial charge is 0.450 e. The Morgan fingerprint density at radius 1 is 1.62 bits per heavy atom. The first-order valence-corrected chi connectivity index (χ1v) is 5.37. The maximum atomic E-state index is 11.6. The molecular weight excluding hydrogens is 210 g/mol. The summed E-state index contributed by atoms with van der Waals surface area (Å²) in [6.45, 7) is 3.81. The Hall–Kier alpha value is -1.36. The van der Waals surface area contributed by atoms with Crippen LogP contribution in [0.4, 0.5) is 0 Å². The fraction of sp³-hybridized carbons (Fsp3) is 0.636. The smallest absolute Gasteiger partial charge is 0.317 e. The third-order valence-electron chi connectivity index (χ3n) is 2.36. The molecule has 1 heterocycles. The highest BCUT2D eigenvalue weighted by Gasteiger charge is 2.45. The second kappa shape index (κ2) is 5.12. The van der Waals surface area contributed by atoms with Gasteiger partial charge in [0.15, 0.2) is 0 Å². The summed E-state index contributed by atoms with van der Waals surface area (Å²) >= 11 is 0. The van der Waals surface area contributed by atoms with Crippen molar-refractivity contribution in [3.8, 4) is 0 Å². The second-order valence-electron chi connectivity index (χ2n) is 3.69. The number of hydrogen-bond donors (Lipinski definition) is 1. The van der Waals surface area contributed by atoms with Crippen LogP contribution in [0.3, 0.4) is 0 Å². The highest BCUT2D eigenvalue weighted by molar-refractivity contribution is 5.99. The van der Waals surface area contributed by atoms with E-state index in [0.29, 0.717) is 25.1 Å². The molecule has 0 saturated carbocycles. The average molecular weight is 227 g/mol. The number of esters is 1. The molecule has 0 amide bonds. The molecular formula is C11H17NO4. The zero-order valence-electron chi connectivity index (χ0n) is 9.62. The summed E-state index contributed by atoms with van der Waals surface area (Å²) in [4.78, 5) is 23.1. The lowest BCUT2D eigenvalue weighted by Gasteiger charge is -2.26. The van der Waals surface area contributed by atoms with Crippen LogP contribution in [0.15, 0.2) is 11.8 Å². The average Bonchev–Trinajstić information content (AvgIpc) is 2.51. The lowest BCUT2D eigenvalue weighted by Crippen LogP contribution is -2.41. The SMILES string of the molecule is CCC1(OC(=O)CCCN)OC(C)=CC1=O. The molecule has 0 radical (unpaired) electrons. The molecule has 0 saturated heterocycles. The van der Waals surface area contributed by atoms with E-state index in [1.807, 2.05) is 0 Å². The molecule has 0 aliphatic carbocycles. The predicted octanol–water partition coefficient (Wildman–Crippen LogP) is 0.878. The van der Waals surface area contributed by atoms with Gasteiger partial charge < -0.3 is 15.2 Å². The third-order valence-corrected chi connectivity index (χ3v) is 2.36. The van der Waals surface area contributed by atoms with Gasteiger partial charge in [0.1, 0.15) is 5.76 Å². The molecule has 0 aromatic carbocycles. The number of nitrogens with two attached hydrogens (primary N) is 1. The highest BCUT2D eigenvalue weighted by Crippen LogP contribution is 2.29. The van der Waals surface area contributed by atoms with Crippen molar-refractivity contribution in [2.45, 2.75) is 38.9 Å². The summed E-state index contributed by atoms with van der Waals surface area (Å²) in [6, 6.07) is 0. The number of hydrogen-bond acceptors (Lipinski definition) is 5. The van der Waals surface area contributed by atoms with Crippen molar-refractivity contribution < 1.29 is 19.1 Å². The van der Waals surface area contributed by atoms with Crippen molar-refractivity contribution in [2.75, 3.05) is 6.54 Å². The summed E-state index contributed by atoms with van der Waals surface area (Å²) in [5, 5.41) is 0. The fourth-order valence-corrected chi connectivity index (χ4v) is 1.51. The molecule has 1 atom stereocenters. The molecule has 0 aromatic rings. The monoisotopic (exact) mass is 227 g/mol. The molecule has 1 aliphatic rings. The van der Waals surface area contributed by atoms with Gasteiger partial charge in [-0.1, -0.05) is 6.92 Å². The highest BCUT2D eigenvalue weighted by atomic mass is 16.7. The van der Waals surface area contributed by atoms with Gasteiger partial charge in [0.05, 0.1) is 0 Å². The minimum atomic E-state index is -1.43. The molecule has 90 valence electrons. The standard InChI is InChI=1S/C11H17NO4/c1-3-11(9(13)7-8(2)15-11)16-10(14)5-4-6-12/h7H,3-6,12H2,1-2H3. The lowest BCUT2D eigenvalue weighted by molar-refractivity contribution is -0.208. The number of ketones is 1. The maximum absolute atomic E-state index is 11.6. The molecule has 5 heteroatoms. The van der Waals surface area contributed by atoms with Crippen molar-refractivity contribution in [1.29, 1.82) is 0 Å². The van der Waals surface area contributed by atoms with Gasteiger partial charge >= 0.3 is 11.8 Å². The molecule has 0 spiro atoms. The van der Waals surface area contributed by atoms with Gasteiger partial charge in [-0.15, -0.1) is 0 Å². The third kappa shape index (κ3) is 2.61. The van der Waals surface area contributed by atoms with E-state index in [1.54, 1.807) is 13.8 Å². The molecule has 0 bridgehead atoms. The van der Waals surface area contributed by atoms with Gasteiger partial charge in [-0.25, -0.2) is 0 Å². The Bertz CT molecular complexity index is 324. The Morgan fingerprint density at radius 2 is 2.31 bits per heavy atom. The van der Waals surface area contributed by atoms with Crippen LogP contribution in [0.25, 0.3) is 0 Å². The molecule has 1 rings (SSSR count). The van der Waals surface area contributed by atoms with Gasteiger partial charge in [0.25, 0.3) is 0 Å². The lowest BCUT2D eigenvalue weighted by atomic mass is 10.1. The maximum Gasteiger partial charge on any atom is 0.317 e. The van der Waals surface area contributed by atoms with E-state index in [2.05, 4.69) is 0 Å². The predicted molar refractivity (Wildman–Crippen MR) is 57.3 cm³/mol. The van der Waals surface area contributed by atoms with E-state index in [4.69, 9.17) is 15.2 Å². The quantitative estimate of drug-likeness (QED) is 0.705. The molecule has 16 heavy (non-hydrogen) atoms. The molecule has 1 aliphatic heterocycles. The number of rotatable bonds is 5. The Morgan fingerprint density at radius 3 is 2.75 bits per heavy atom. The van der Waals surface area contributed by atoms with Crippen molar-refractivity contribution >= 4 is 11.8 Å². The first kappa shape index (κ1) is 12.7. The van der Waals surface area contributed by atoms with Crippen LogP contribution in [-0.4, -0.2) is 24.1 Å². The zero-order valence-corrected chi connectivity index (χ0v) is 9.62. The van der Waals surface area contributed by atoms with E-state index in [9.17, 15) is 9.59 Å². The molecule has 2 N–H and O–H groups in total. The van der Waals surface area contributed by atoms with Crippen LogP contribution >= 0.6 is 0 Å². The molecule has 5 nitrogen and oxygen atoms in total. The van der Waals surface area contributed by atoms with Gasteiger partial charge in [-0.3, -0.25) is 9.59 Å². The van der Waals surface area contributed by atoms with E-state index in [-0.39, 0.29) is 12.2 Å². The van der Waals surface area contributed by atoms with E-state index in [1.165, 1.54) is 6.08 Å². The van der Waals surface area contributed by atoms with Crippen LogP contribution < -0.4 is 5.73 Å². The molecule has 1 unspecified atom stereocenters. The van der Waals surface area contributed by atoms with Crippen LogP contribution in [0.2, 0.25) is 0 Å². The summed E-state index contributed by atoms with van der Waals surface area (Å²) in [5.41, 5.74) is 5.28. The molecule has 0 fully saturated rings.